The smallest absolute Gasteiger partial charge is 0.165 e. The highest BCUT2D eigenvalue weighted by atomic mass is 32.1. The molecule has 0 unspecified atom stereocenters. The lowest BCUT2D eigenvalue weighted by Gasteiger charge is -2.20. The van der Waals surface area contributed by atoms with Gasteiger partial charge in [-0.25, -0.2) is 15.0 Å². The number of nitrogens with zero attached hydrogens (tertiary/aromatic N) is 3. The molecule has 2 heterocycles. The molecular weight excluding hydrogens is 669 g/mol. The maximum absolute atomic E-state index is 5.28. The molecule has 10 rings (SSSR count). The topological polar surface area (TPSA) is 38.7 Å². The molecule has 0 bridgehead atoms. The van der Waals surface area contributed by atoms with Crippen molar-refractivity contribution < 1.29 is 0 Å². The molecule has 0 saturated heterocycles. The Labute approximate surface area is 322 Å². The molecule has 54 heavy (non-hydrogen) atoms. The summed E-state index contributed by atoms with van der Waals surface area (Å²) in [5.74, 6) is 2.10. The van der Waals surface area contributed by atoms with Gasteiger partial charge in [-0.15, -0.1) is 27.7 Å². The highest BCUT2D eigenvalue weighted by molar-refractivity contribution is 7.26. The summed E-state index contributed by atoms with van der Waals surface area (Å²) in [6.45, 7) is 0. The molecule has 0 fully saturated rings. The second-order valence-corrected chi connectivity index (χ2v) is 15.6. The summed E-state index contributed by atoms with van der Waals surface area (Å²) >= 11 is 1.82. The summed E-state index contributed by atoms with van der Waals surface area (Å²) in [4.78, 5) is 15.6. The van der Waals surface area contributed by atoms with E-state index in [-0.39, 0.29) is 0 Å². The second kappa shape index (κ2) is 12.6. The fourth-order valence-corrected chi connectivity index (χ4v) is 9.65. The zero-order chi connectivity index (χ0) is 36.7. The molecule has 2 aromatic heterocycles. The van der Waals surface area contributed by atoms with Gasteiger partial charge < -0.3 is 0 Å². The van der Waals surface area contributed by atoms with Crippen molar-refractivity contribution in [1.29, 1.82) is 0 Å². The lowest BCUT2D eigenvalue weighted by Crippen LogP contribution is -2.55. The van der Waals surface area contributed by atoms with Gasteiger partial charge in [0.1, 0.15) is 39.2 Å². The van der Waals surface area contributed by atoms with E-state index in [0.717, 1.165) is 22.5 Å². The summed E-state index contributed by atoms with van der Waals surface area (Å²) in [5.41, 5.74) is 11.8. The monoisotopic (exact) mass is 701 g/mol. The van der Waals surface area contributed by atoms with Gasteiger partial charge in [-0.2, -0.15) is 0 Å². The molecule has 0 radical (unpaired) electrons. The Morgan fingerprint density at radius 2 is 0.852 bits per heavy atom. The predicted octanol–water partition coefficient (Wildman–Crippen LogP) is 3.66. The largest absolute Gasteiger partial charge is 0.208 e. The van der Waals surface area contributed by atoms with E-state index in [1.807, 2.05) is 29.5 Å². The predicted molar refractivity (Wildman–Crippen MR) is 248 cm³/mol. The SMILES string of the molecule is Bc1c(B)c(B)c(-c2nc(-c3ccccc3)nc(-c3cccc4c3sc3cc(-c5ccc6c7ccccc7c7ccccc7c6c5)ccc34)n2)c(B)c1B. The molecule has 0 N–H and O–H groups in total. The Balaban J connectivity index is 1.15. The van der Waals surface area contributed by atoms with Gasteiger partial charge in [0.15, 0.2) is 17.5 Å². The Hall–Kier alpha value is -5.91. The van der Waals surface area contributed by atoms with Gasteiger partial charge >= 0.3 is 0 Å². The highest BCUT2D eigenvalue weighted by Gasteiger charge is 2.20. The van der Waals surface area contributed by atoms with Gasteiger partial charge in [-0.1, -0.05) is 126 Å². The average molecular weight is 701 g/mol. The van der Waals surface area contributed by atoms with E-state index in [4.69, 9.17) is 15.0 Å². The average Bonchev–Trinajstić information content (AvgIpc) is 3.61. The molecule has 9 heteroatoms. The minimum atomic E-state index is 0.683. The molecule has 0 aliphatic carbocycles. The van der Waals surface area contributed by atoms with E-state index < -0.39 is 0 Å². The van der Waals surface area contributed by atoms with Crippen LogP contribution in [0, 0.1) is 0 Å². The summed E-state index contributed by atoms with van der Waals surface area (Å²) in [7, 11) is 11.0. The standard InChI is InChI=1S/C45H32B5N3S/c46-37-36(38(47)40(49)41(50)39(37)48)45-52-43(23-9-2-1-3-10-23)51-44(53-45)33-16-8-15-32-31-20-18-25(22-35(31)54-42(32)33)24-17-19-30-28-13-5-4-11-26(28)27-12-6-7-14-29(27)34(30)21-24/h1-22H,46-50H2. The molecule has 248 valence electrons. The molecule has 0 saturated carbocycles. The van der Waals surface area contributed by atoms with Crippen LogP contribution in [0.3, 0.4) is 0 Å². The van der Waals surface area contributed by atoms with Crippen LogP contribution >= 0.6 is 11.3 Å². The van der Waals surface area contributed by atoms with Crippen LogP contribution in [0.15, 0.2) is 133 Å². The molecule has 10 aromatic rings. The number of hydrogen-bond donors (Lipinski definition) is 0. The van der Waals surface area contributed by atoms with Crippen LogP contribution in [0.4, 0.5) is 0 Å². The van der Waals surface area contributed by atoms with Gasteiger partial charge in [-0.05, 0) is 61.6 Å². The third kappa shape index (κ3) is 5.06. The van der Waals surface area contributed by atoms with Crippen molar-refractivity contribution in [2.24, 2.45) is 0 Å². The van der Waals surface area contributed by atoms with Crippen LogP contribution in [-0.2, 0) is 0 Å². The van der Waals surface area contributed by atoms with Crippen LogP contribution in [-0.4, -0.2) is 54.2 Å². The normalized spacial score (nSPS) is 11.7. The quantitative estimate of drug-likeness (QED) is 0.208. The summed E-state index contributed by atoms with van der Waals surface area (Å²) in [5, 5.41) is 10.2. The minimum Gasteiger partial charge on any atom is -0.208 e. The second-order valence-electron chi connectivity index (χ2n) is 14.5. The lowest BCUT2D eigenvalue weighted by atomic mass is 9.60. The van der Waals surface area contributed by atoms with Crippen LogP contribution in [0.1, 0.15) is 0 Å². The van der Waals surface area contributed by atoms with Crippen molar-refractivity contribution in [3.63, 3.8) is 0 Å². The number of thiophene rings is 1. The van der Waals surface area contributed by atoms with Gasteiger partial charge in [-0.3, -0.25) is 0 Å². The summed E-state index contributed by atoms with van der Waals surface area (Å²) in [6.07, 6.45) is 0. The van der Waals surface area contributed by atoms with Gasteiger partial charge in [0.2, 0.25) is 0 Å². The zero-order valence-corrected chi connectivity index (χ0v) is 31.8. The molecule has 8 aromatic carbocycles. The zero-order valence-electron chi connectivity index (χ0n) is 31.0. The van der Waals surface area contributed by atoms with Crippen molar-refractivity contribution in [3.8, 4) is 45.3 Å². The van der Waals surface area contributed by atoms with E-state index >= 15 is 0 Å². The van der Waals surface area contributed by atoms with Crippen LogP contribution < -0.4 is 27.3 Å². The number of aromatic nitrogens is 3. The Kier molecular flexibility index (Phi) is 7.64. The first-order valence-corrected chi connectivity index (χ1v) is 19.4. The van der Waals surface area contributed by atoms with Crippen LogP contribution in [0.2, 0.25) is 0 Å². The van der Waals surface area contributed by atoms with Crippen molar-refractivity contribution in [2.75, 3.05) is 0 Å². The number of hydrogen-bond acceptors (Lipinski definition) is 4. The number of rotatable bonds is 4. The van der Waals surface area contributed by atoms with E-state index in [1.165, 1.54) is 90.9 Å². The van der Waals surface area contributed by atoms with Crippen molar-refractivity contribution >= 4 is 130 Å². The van der Waals surface area contributed by atoms with Crippen molar-refractivity contribution in [1.82, 2.24) is 15.0 Å². The van der Waals surface area contributed by atoms with E-state index in [1.54, 1.807) is 0 Å². The molecule has 0 aliphatic rings. The lowest BCUT2D eigenvalue weighted by molar-refractivity contribution is 1.08. The first kappa shape index (κ1) is 32.7. The molecule has 0 atom stereocenters. The third-order valence-electron chi connectivity index (χ3n) is 11.7. The molecule has 0 aliphatic heterocycles. The Morgan fingerprint density at radius 3 is 1.52 bits per heavy atom. The maximum Gasteiger partial charge on any atom is 0.165 e. The van der Waals surface area contributed by atoms with Gasteiger partial charge in [0.05, 0.1) is 0 Å². The van der Waals surface area contributed by atoms with Crippen LogP contribution in [0.5, 0.6) is 0 Å². The van der Waals surface area contributed by atoms with Crippen LogP contribution in [0.25, 0.3) is 97.8 Å². The summed E-state index contributed by atoms with van der Waals surface area (Å²) in [6, 6.07) is 48.2. The van der Waals surface area contributed by atoms with Gasteiger partial charge in [0, 0.05) is 36.9 Å². The van der Waals surface area contributed by atoms with E-state index in [9.17, 15) is 0 Å². The Morgan fingerprint density at radius 1 is 0.352 bits per heavy atom. The first-order valence-electron chi connectivity index (χ1n) is 18.5. The maximum atomic E-state index is 5.28. The van der Waals surface area contributed by atoms with Crippen molar-refractivity contribution in [3.05, 3.63) is 133 Å². The van der Waals surface area contributed by atoms with Crippen molar-refractivity contribution in [2.45, 2.75) is 0 Å². The Bertz CT molecular complexity index is 3120. The minimum absolute atomic E-state index is 0.683. The fraction of sp³-hybridized carbons (Fsp3) is 0. The number of fused-ring (bicyclic) bond motifs is 9. The molecule has 0 spiro atoms. The van der Waals surface area contributed by atoms with E-state index in [0.29, 0.717) is 11.6 Å². The third-order valence-corrected chi connectivity index (χ3v) is 12.9. The van der Waals surface area contributed by atoms with Gasteiger partial charge in [0.25, 0.3) is 0 Å². The van der Waals surface area contributed by atoms with E-state index in [2.05, 4.69) is 154 Å². The molecular formula is C45H32B5N3S. The molecule has 3 nitrogen and oxygen atoms in total. The molecule has 0 amide bonds. The fourth-order valence-electron chi connectivity index (χ4n) is 8.40. The summed E-state index contributed by atoms with van der Waals surface area (Å²) < 4.78 is 2.42. The highest BCUT2D eigenvalue weighted by Crippen LogP contribution is 2.42. The number of benzene rings is 8. The first-order chi connectivity index (χ1) is 26.4.